The number of carbonyl (C=O) groups is 2. The molecule has 6 nitrogen and oxygen atoms in total. The molecule has 0 unspecified atom stereocenters. The van der Waals surface area contributed by atoms with Crippen molar-refractivity contribution in [2.24, 2.45) is 0 Å². The zero-order valence-electron chi connectivity index (χ0n) is 12.5. The van der Waals surface area contributed by atoms with Gasteiger partial charge in [0, 0.05) is 0 Å². The maximum Gasteiger partial charge on any atom is 0.339 e. The number of phenolic OH excluding ortho intramolecular Hbond substituents is 1. The molecule has 1 aliphatic rings. The van der Waals surface area contributed by atoms with Crippen molar-refractivity contribution in [2.45, 2.75) is 0 Å². The predicted octanol–water partition coefficient (Wildman–Crippen LogP) is 3.20. The maximum atomic E-state index is 12.6. The smallest absolute Gasteiger partial charge is 0.339 e. The Morgan fingerprint density at radius 1 is 1.16 bits per heavy atom. The highest BCUT2D eigenvalue weighted by Gasteiger charge is 2.33. The highest BCUT2D eigenvalue weighted by Crippen LogP contribution is 2.37. The lowest BCUT2D eigenvalue weighted by atomic mass is 10.1. The number of benzene rings is 2. The number of rotatable bonds is 3. The minimum atomic E-state index is -1.31. The Balaban J connectivity index is 1.97. The largest absolute Gasteiger partial charge is 0.508 e. The number of nitrogens with zero attached hydrogens (tertiary/aromatic N) is 1. The average Bonchev–Trinajstić information content (AvgIpc) is 2.82. The maximum absolute atomic E-state index is 12.6. The summed E-state index contributed by atoms with van der Waals surface area (Å²) in [5.74, 6) is -2.02. The van der Waals surface area contributed by atoms with Gasteiger partial charge in [0.2, 0.25) is 0 Å². The van der Waals surface area contributed by atoms with E-state index in [4.69, 9.17) is 17.3 Å². The Kier molecular flexibility index (Phi) is 4.47. The van der Waals surface area contributed by atoms with Gasteiger partial charge in [0.05, 0.1) is 10.6 Å². The van der Waals surface area contributed by atoms with E-state index in [0.717, 1.165) is 11.8 Å². The molecule has 0 saturated carbocycles. The van der Waals surface area contributed by atoms with Crippen LogP contribution in [0.15, 0.2) is 47.4 Å². The molecule has 1 saturated heterocycles. The molecule has 3 N–H and O–H groups in total. The summed E-state index contributed by atoms with van der Waals surface area (Å²) in [4.78, 5) is 25.4. The molecule has 25 heavy (non-hydrogen) atoms. The lowest BCUT2D eigenvalue weighted by Gasteiger charge is -2.15. The number of aromatic hydroxyl groups is 2. The monoisotopic (exact) mass is 373 g/mol. The van der Waals surface area contributed by atoms with Gasteiger partial charge in [-0.15, -0.1) is 0 Å². The third-order valence-corrected chi connectivity index (χ3v) is 4.73. The predicted molar refractivity (Wildman–Crippen MR) is 98.8 cm³/mol. The minimum Gasteiger partial charge on any atom is -0.508 e. The van der Waals surface area contributed by atoms with Crippen LogP contribution >= 0.6 is 24.0 Å². The fraction of sp³-hybridized carbons (Fsp3) is 0. The van der Waals surface area contributed by atoms with E-state index in [1.807, 2.05) is 0 Å². The molecule has 3 rings (SSSR count). The molecule has 0 bridgehead atoms. The standard InChI is InChI=1S/C17H11NO5S2/c19-11-3-1-2-9(6-11)7-14-15(21)18(17(24)25-14)10-4-5-13(20)12(8-10)16(22)23/h1-8,19-20H,(H,22,23)/b14-7+. The number of thiocarbonyl (C=S) groups is 1. The van der Waals surface area contributed by atoms with Gasteiger partial charge < -0.3 is 15.3 Å². The van der Waals surface area contributed by atoms with Crippen LogP contribution in [0.4, 0.5) is 5.69 Å². The summed E-state index contributed by atoms with van der Waals surface area (Å²) in [6.45, 7) is 0. The molecule has 1 aliphatic heterocycles. The Morgan fingerprint density at radius 2 is 1.92 bits per heavy atom. The van der Waals surface area contributed by atoms with Crippen LogP contribution < -0.4 is 4.90 Å². The summed E-state index contributed by atoms with van der Waals surface area (Å²) >= 11 is 6.30. The summed E-state index contributed by atoms with van der Waals surface area (Å²) in [5, 5.41) is 28.2. The number of carboxylic acid groups (broad SMARTS) is 1. The molecule has 0 atom stereocenters. The third kappa shape index (κ3) is 3.35. The first-order valence-corrected chi connectivity index (χ1v) is 8.22. The molecule has 1 heterocycles. The number of aromatic carboxylic acids is 1. The fourth-order valence-electron chi connectivity index (χ4n) is 2.29. The molecule has 2 aromatic carbocycles. The molecule has 2 aromatic rings. The van der Waals surface area contributed by atoms with Crippen molar-refractivity contribution in [3.63, 3.8) is 0 Å². The van der Waals surface area contributed by atoms with Crippen molar-refractivity contribution in [1.82, 2.24) is 0 Å². The Labute approximate surface area is 152 Å². The molecule has 0 spiro atoms. The van der Waals surface area contributed by atoms with Gasteiger partial charge in [0.25, 0.3) is 5.91 Å². The zero-order chi connectivity index (χ0) is 18.1. The van der Waals surface area contributed by atoms with Gasteiger partial charge in [-0.25, -0.2) is 4.79 Å². The summed E-state index contributed by atoms with van der Waals surface area (Å²) < 4.78 is 0.249. The molecular formula is C17H11NO5S2. The quantitative estimate of drug-likeness (QED) is 0.561. The number of thioether (sulfide) groups is 1. The summed E-state index contributed by atoms with van der Waals surface area (Å²) in [6, 6.07) is 10.2. The topological polar surface area (TPSA) is 98.1 Å². The second-order valence-corrected chi connectivity index (χ2v) is 6.79. The van der Waals surface area contributed by atoms with Crippen LogP contribution in [-0.2, 0) is 4.79 Å². The number of carbonyl (C=O) groups excluding carboxylic acids is 1. The number of hydrogen-bond acceptors (Lipinski definition) is 6. The van der Waals surface area contributed by atoms with Crippen molar-refractivity contribution in [1.29, 1.82) is 0 Å². The molecular weight excluding hydrogens is 362 g/mol. The van der Waals surface area contributed by atoms with Crippen molar-refractivity contribution in [3.8, 4) is 11.5 Å². The van der Waals surface area contributed by atoms with Crippen molar-refractivity contribution < 1.29 is 24.9 Å². The van der Waals surface area contributed by atoms with E-state index < -0.39 is 17.6 Å². The second kappa shape index (κ2) is 6.58. The Hall–Kier alpha value is -2.84. The molecule has 1 fully saturated rings. The number of carboxylic acids is 1. The number of phenols is 2. The van der Waals surface area contributed by atoms with Crippen LogP contribution in [0.5, 0.6) is 11.5 Å². The lowest BCUT2D eigenvalue weighted by Crippen LogP contribution is -2.27. The first-order chi connectivity index (χ1) is 11.9. The van der Waals surface area contributed by atoms with Crippen LogP contribution in [0.2, 0.25) is 0 Å². The van der Waals surface area contributed by atoms with Gasteiger partial charge in [-0.1, -0.05) is 36.1 Å². The summed E-state index contributed by atoms with van der Waals surface area (Å²) in [7, 11) is 0. The van der Waals surface area contributed by atoms with Gasteiger partial charge in [-0.05, 0) is 42.0 Å². The first-order valence-electron chi connectivity index (χ1n) is 7.00. The van der Waals surface area contributed by atoms with E-state index in [9.17, 15) is 19.8 Å². The van der Waals surface area contributed by atoms with Crippen LogP contribution in [0.1, 0.15) is 15.9 Å². The number of hydrogen-bond donors (Lipinski definition) is 3. The van der Waals surface area contributed by atoms with Crippen LogP contribution in [0.25, 0.3) is 6.08 Å². The Morgan fingerprint density at radius 3 is 2.60 bits per heavy atom. The molecule has 0 radical (unpaired) electrons. The van der Waals surface area contributed by atoms with E-state index in [1.54, 1.807) is 18.2 Å². The SMILES string of the molecule is O=C(O)c1cc(N2C(=O)/C(=C\c3cccc(O)c3)SC2=S)ccc1O. The van der Waals surface area contributed by atoms with Crippen molar-refractivity contribution >= 4 is 51.9 Å². The van der Waals surface area contributed by atoms with Gasteiger partial charge in [0.1, 0.15) is 17.1 Å². The van der Waals surface area contributed by atoms with E-state index in [0.29, 0.717) is 10.5 Å². The van der Waals surface area contributed by atoms with E-state index in [1.165, 1.54) is 35.2 Å². The van der Waals surface area contributed by atoms with Crippen LogP contribution in [0, 0.1) is 0 Å². The van der Waals surface area contributed by atoms with E-state index >= 15 is 0 Å². The van der Waals surface area contributed by atoms with Gasteiger partial charge in [-0.3, -0.25) is 9.69 Å². The van der Waals surface area contributed by atoms with Crippen molar-refractivity contribution in [3.05, 3.63) is 58.5 Å². The minimum absolute atomic E-state index is 0.0777. The summed E-state index contributed by atoms with van der Waals surface area (Å²) in [5.41, 5.74) is 0.581. The average molecular weight is 373 g/mol. The van der Waals surface area contributed by atoms with Gasteiger partial charge in [-0.2, -0.15) is 0 Å². The molecule has 1 amide bonds. The van der Waals surface area contributed by atoms with Crippen LogP contribution in [0.3, 0.4) is 0 Å². The highest BCUT2D eigenvalue weighted by molar-refractivity contribution is 8.27. The molecule has 8 heteroatoms. The molecule has 0 aromatic heterocycles. The van der Waals surface area contributed by atoms with Crippen LogP contribution in [-0.4, -0.2) is 31.5 Å². The lowest BCUT2D eigenvalue weighted by molar-refractivity contribution is -0.113. The molecule has 0 aliphatic carbocycles. The van der Waals surface area contributed by atoms with Gasteiger partial charge >= 0.3 is 5.97 Å². The molecule has 126 valence electrons. The van der Waals surface area contributed by atoms with Gasteiger partial charge in [0.15, 0.2) is 4.32 Å². The van der Waals surface area contributed by atoms with E-state index in [2.05, 4.69) is 0 Å². The Bertz CT molecular complexity index is 938. The number of anilines is 1. The zero-order valence-corrected chi connectivity index (χ0v) is 14.2. The third-order valence-electron chi connectivity index (χ3n) is 3.43. The van der Waals surface area contributed by atoms with Crippen molar-refractivity contribution in [2.75, 3.05) is 4.90 Å². The second-order valence-electron chi connectivity index (χ2n) is 5.12. The first kappa shape index (κ1) is 17.0. The number of amides is 1. The highest BCUT2D eigenvalue weighted by atomic mass is 32.2. The summed E-state index contributed by atoms with van der Waals surface area (Å²) in [6.07, 6.45) is 1.59. The fourth-order valence-corrected chi connectivity index (χ4v) is 3.59. The normalized spacial score (nSPS) is 15.8. The van der Waals surface area contributed by atoms with E-state index in [-0.39, 0.29) is 21.3 Å².